The Balaban J connectivity index is 0.000000339. The maximum Gasteiger partial charge on any atom is 0.490 e. The number of fused-ring (bicyclic) bond motifs is 1. The Labute approximate surface area is 174 Å². The van der Waals surface area contributed by atoms with Crippen molar-refractivity contribution in [2.24, 2.45) is 0 Å². The molecule has 2 fully saturated rings. The molecule has 1 aliphatic heterocycles. The molecule has 168 valence electrons. The fraction of sp³-hybridized carbons (Fsp3) is 0.474. The molecule has 0 spiro atoms. The molecule has 2 aliphatic rings. The molecule has 12 heteroatoms. The van der Waals surface area contributed by atoms with Gasteiger partial charge in [-0.3, -0.25) is 9.78 Å². The highest BCUT2D eigenvalue weighted by Gasteiger charge is 2.46. The number of amides is 1. The SMILES string of the molecule is Cc1cc(C(=O)N2CCO[C@H]3[C@H](Oc4cccnc4)CC[C@@H]32)no1.O=C(O)C(F)(F)F. The van der Waals surface area contributed by atoms with Crippen LogP contribution < -0.4 is 4.74 Å². The molecule has 3 atom stereocenters. The number of pyridine rings is 1. The first kappa shape index (κ1) is 22.5. The lowest BCUT2D eigenvalue weighted by molar-refractivity contribution is -0.192. The van der Waals surface area contributed by atoms with Gasteiger partial charge in [-0.05, 0) is 31.9 Å². The molecule has 4 rings (SSSR count). The molecule has 0 radical (unpaired) electrons. The molecule has 0 unspecified atom stereocenters. The summed E-state index contributed by atoms with van der Waals surface area (Å²) in [6.07, 6.45) is -0.201. The summed E-state index contributed by atoms with van der Waals surface area (Å²) in [6, 6.07) is 5.40. The Hall–Kier alpha value is -3.15. The molecule has 1 N–H and O–H groups in total. The monoisotopic (exact) mass is 443 g/mol. The number of hydrogen-bond donors (Lipinski definition) is 1. The Morgan fingerprint density at radius 1 is 1.32 bits per heavy atom. The molecular weight excluding hydrogens is 423 g/mol. The summed E-state index contributed by atoms with van der Waals surface area (Å²) in [5, 5.41) is 11.0. The summed E-state index contributed by atoms with van der Waals surface area (Å²) < 4.78 is 48.7. The molecule has 1 saturated carbocycles. The normalized spacial score (nSPS) is 22.8. The van der Waals surface area contributed by atoms with E-state index in [1.54, 1.807) is 25.4 Å². The van der Waals surface area contributed by atoms with E-state index < -0.39 is 12.1 Å². The van der Waals surface area contributed by atoms with Crippen LogP contribution in [-0.2, 0) is 9.53 Å². The number of halogens is 3. The van der Waals surface area contributed by atoms with Crippen LogP contribution in [0.4, 0.5) is 13.2 Å². The number of aromatic nitrogens is 2. The van der Waals surface area contributed by atoms with Crippen LogP contribution in [-0.4, -0.2) is 69.6 Å². The maximum atomic E-state index is 12.7. The van der Waals surface area contributed by atoms with E-state index >= 15 is 0 Å². The third-order valence-electron chi connectivity index (χ3n) is 4.81. The fourth-order valence-corrected chi connectivity index (χ4v) is 3.50. The first-order chi connectivity index (χ1) is 14.7. The van der Waals surface area contributed by atoms with Gasteiger partial charge in [0.15, 0.2) is 5.69 Å². The standard InChI is InChI=1S/C17H19N3O4.C2HF3O2/c1-11-9-13(19-24-11)17(21)20-7-8-22-16-14(20)4-5-15(16)23-12-3-2-6-18-10-12;3-2(4,5)1(6)7/h2-3,6,9-10,14-16H,4-5,7-8H2,1H3;(H,6,7)/t14-,15+,16+;/m0./s1. The van der Waals surface area contributed by atoms with E-state index in [4.69, 9.17) is 23.9 Å². The third kappa shape index (κ3) is 5.51. The number of carboxylic acid groups (broad SMARTS) is 1. The Kier molecular flexibility index (Phi) is 6.78. The van der Waals surface area contributed by atoms with Gasteiger partial charge in [0.25, 0.3) is 5.91 Å². The lowest BCUT2D eigenvalue weighted by Crippen LogP contribution is -2.54. The Bertz CT molecular complexity index is 905. The Morgan fingerprint density at radius 2 is 2.06 bits per heavy atom. The summed E-state index contributed by atoms with van der Waals surface area (Å²) >= 11 is 0. The molecule has 0 bridgehead atoms. The van der Waals surface area contributed by atoms with Crippen molar-refractivity contribution < 1.29 is 41.9 Å². The predicted molar refractivity (Wildman–Crippen MR) is 97.4 cm³/mol. The molecule has 31 heavy (non-hydrogen) atoms. The highest BCUT2D eigenvalue weighted by molar-refractivity contribution is 5.92. The van der Waals surface area contributed by atoms with Crippen LogP contribution in [0.25, 0.3) is 0 Å². The molecule has 3 heterocycles. The van der Waals surface area contributed by atoms with Crippen LogP contribution in [0.2, 0.25) is 0 Å². The van der Waals surface area contributed by atoms with E-state index in [-0.39, 0.29) is 24.2 Å². The zero-order chi connectivity index (χ0) is 22.6. The summed E-state index contributed by atoms with van der Waals surface area (Å²) in [6.45, 7) is 2.83. The fourth-order valence-electron chi connectivity index (χ4n) is 3.50. The minimum atomic E-state index is -5.08. The maximum absolute atomic E-state index is 12.7. The summed E-state index contributed by atoms with van der Waals surface area (Å²) in [5.74, 6) is -1.51. The molecule has 2 aromatic heterocycles. The highest BCUT2D eigenvalue weighted by Crippen LogP contribution is 2.33. The topological polar surface area (TPSA) is 115 Å². The first-order valence-corrected chi connectivity index (χ1v) is 9.39. The number of aryl methyl sites for hydroxylation is 1. The lowest BCUT2D eigenvalue weighted by Gasteiger charge is -2.38. The average Bonchev–Trinajstić information content (AvgIpc) is 3.34. The second-order valence-electron chi connectivity index (χ2n) is 6.95. The second-order valence-corrected chi connectivity index (χ2v) is 6.95. The molecule has 1 saturated heterocycles. The van der Waals surface area contributed by atoms with Crippen molar-refractivity contribution in [3.8, 4) is 5.75 Å². The summed E-state index contributed by atoms with van der Waals surface area (Å²) in [7, 11) is 0. The smallest absolute Gasteiger partial charge is 0.486 e. The highest BCUT2D eigenvalue weighted by atomic mass is 19.4. The zero-order valence-corrected chi connectivity index (χ0v) is 16.4. The van der Waals surface area contributed by atoms with Gasteiger partial charge in [0.1, 0.15) is 23.7 Å². The van der Waals surface area contributed by atoms with E-state index in [2.05, 4.69) is 10.1 Å². The number of aliphatic carboxylic acids is 1. The van der Waals surface area contributed by atoms with Gasteiger partial charge in [-0.15, -0.1) is 0 Å². The van der Waals surface area contributed by atoms with E-state index in [1.165, 1.54) is 0 Å². The van der Waals surface area contributed by atoms with Crippen molar-refractivity contribution in [3.05, 3.63) is 42.0 Å². The minimum absolute atomic E-state index is 0.00456. The molecule has 1 aliphatic carbocycles. The van der Waals surface area contributed by atoms with Crippen LogP contribution in [0.15, 0.2) is 35.1 Å². The van der Waals surface area contributed by atoms with Crippen molar-refractivity contribution in [2.45, 2.75) is 44.2 Å². The largest absolute Gasteiger partial charge is 0.490 e. The number of rotatable bonds is 3. The number of ether oxygens (including phenoxy) is 2. The van der Waals surface area contributed by atoms with Gasteiger partial charge >= 0.3 is 12.1 Å². The van der Waals surface area contributed by atoms with E-state index in [1.807, 2.05) is 17.0 Å². The van der Waals surface area contributed by atoms with Gasteiger partial charge in [-0.1, -0.05) is 5.16 Å². The van der Waals surface area contributed by atoms with Gasteiger partial charge < -0.3 is 24.0 Å². The number of carboxylic acids is 1. The van der Waals surface area contributed by atoms with Crippen molar-refractivity contribution in [3.63, 3.8) is 0 Å². The van der Waals surface area contributed by atoms with E-state index in [0.717, 1.165) is 18.6 Å². The third-order valence-corrected chi connectivity index (χ3v) is 4.81. The Morgan fingerprint density at radius 3 is 2.65 bits per heavy atom. The number of nitrogens with zero attached hydrogens (tertiary/aromatic N) is 3. The van der Waals surface area contributed by atoms with E-state index in [0.29, 0.717) is 24.6 Å². The van der Waals surface area contributed by atoms with Gasteiger partial charge in [0, 0.05) is 18.8 Å². The van der Waals surface area contributed by atoms with Crippen LogP contribution >= 0.6 is 0 Å². The van der Waals surface area contributed by atoms with Gasteiger partial charge in [-0.25, -0.2) is 4.79 Å². The van der Waals surface area contributed by atoms with Crippen LogP contribution in [0.5, 0.6) is 5.75 Å². The number of hydrogen-bond acceptors (Lipinski definition) is 7. The van der Waals surface area contributed by atoms with Crippen molar-refractivity contribution in [2.75, 3.05) is 13.2 Å². The second kappa shape index (κ2) is 9.33. The predicted octanol–water partition coefficient (Wildman–Crippen LogP) is 2.46. The number of morpholine rings is 1. The van der Waals surface area contributed by atoms with E-state index in [9.17, 15) is 18.0 Å². The number of alkyl halides is 3. The van der Waals surface area contributed by atoms with Crippen LogP contribution in [0, 0.1) is 6.92 Å². The summed E-state index contributed by atoms with van der Waals surface area (Å²) in [4.78, 5) is 27.5. The number of carbonyl (C=O) groups excluding carboxylic acids is 1. The quantitative estimate of drug-likeness (QED) is 0.770. The molecule has 0 aromatic carbocycles. The van der Waals surface area contributed by atoms with Crippen molar-refractivity contribution in [1.29, 1.82) is 0 Å². The van der Waals surface area contributed by atoms with Crippen molar-refractivity contribution in [1.82, 2.24) is 15.0 Å². The molecule has 1 amide bonds. The minimum Gasteiger partial charge on any atom is -0.486 e. The van der Waals surface area contributed by atoms with Gasteiger partial charge in [-0.2, -0.15) is 13.2 Å². The van der Waals surface area contributed by atoms with Gasteiger partial charge in [0.05, 0.1) is 18.8 Å². The molecular formula is C19H20F3N3O6. The van der Waals surface area contributed by atoms with Crippen LogP contribution in [0.3, 0.4) is 0 Å². The number of carbonyl (C=O) groups is 2. The molecule has 2 aromatic rings. The molecule has 9 nitrogen and oxygen atoms in total. The zero-order valence-electron chi connectivity index (χ0n) is 16.4. The van der Waals surface area contributed by atoms with Gasteiger partial charge in [0.2, 0.25) is 0 Å². The summed E-state index contributed by atoms with van der Waals surface area (Å²) in [5.41, 5.74) is 0.352. The average molecular weight is 443 g/mol. The van der Waals surface area contributed by atoms with Crippen molar-refractivity contribution >= 4 is 11.9 Å². The van der Waals surface area contributed by atoms with Crippen LogP contribution in [0.1, 0.15) is 29.1 Å². The lowest BCUT2D eigenvalue weighted by atomic mass is 10.1. The first-order valence-electron chi connectivity index (χ1n) is 9.39.